The van der Waals surface area contributed by atoms with Gasteiger partial charge in [0.2, 0.25) is 0 Å². The minimum Gasteiger partial charge on any atom is -0.0847 e. The first-order valence-electron chi connectivity index (χ1n) is 6.27. The fourth-order valence-electron chi connectivity index (χ4n) is 2.00. The molecule has 0 N–H and O–H groups in total. The molecular weight excluding hydrogens is 184 g/mol. The average molecular weight is 208 g/mol. The summed E-state index contributed by atoms with van der Waals surface area (Å²) >= 11 is 0. The lowest BCUT2D eigenvalue weighted by Gasteiger charge is -2.09. The minimum absolute atomic E-state index is 0.158. The van der Waals surface area contributed by atoms with Crippen LogP contribution in [0.3, 0.4) is 0 Å². The van der Waals surface area contributed by atoms with Crippen LogP contribution >= 0.6 is 0 Å². The highest BCUT2D eigenvalue weighted by atomic mass is 28.2. The molecule has 1 aliphatic carbocycles. The lowest BCUT2D eigenvalue weighted by molar-refractivity contribution is 0.655. The van der Waals surface area contributed by atoms with Gasteiger partial charge in [-0.05, 0) is 12.0 Å². The van der Waals surface area contributed by atoms with Crippen molar-refractivity contribution in [1.29, 1.82) is 0 Å². The lowest BCUT2D eigenvalue weighted by Crippen LogP contribution is -1.99. The highest BCUT2D eigenvalue weighted by Crippen LogP contribution is 2.16. The van der Waals surface area contributed by atoms with E-state index >= 15 is 0 Å². The van der Waals surface area contributed by atoms with Gasteiger partial charge in [0.25, 0.3) is 0 Å². The molecule has 0 saturated heterocycles. The monoisotopic (exact) mass is 208 g/mol. The van der Waals surface area contributed by atoms with Crippen LogP contribution in [0.1, 0.15) is 45.4 Å². The molecule has 0 heterocycles. The highest BCUT2D eigenvalue weighted by molar-refractivity contribution is 6.39. The maximum Gasteiger partial charge on any atom is 0.0327 e. The normalized spacial score (nSPS) is 17.2. The van der Waals surface area contributed by atoms with Crippen LogP contribution in [0, 0.1) is 0 Å². The Morgan fingerprint density at radius 3 is 2.50 bits per heavy atom. The first-order valence-corrected chi connectivity index (χ1v) is 8.08. The Kier molecular flexibility index (Phi) is 6.76. The Bertz CT molecular complexity index is 170. The first kappa shape index (κ1) is 11.8. The Labute approximate surface area is 91.3 Å². The molecule has 0 aromatic carbocycles. The van der Waals surface area contributed by atoms with E-state index in [1.54, 1.807) is 6.04 Å². The number of rotatable bonds is 7. The molecule has 0 amide bonds. The second kappa shape index (κ2) is 8.04. The summed E-state index contributed by atoms with van der Waals surface area (Å²) in [7, 11) is 0.158. The van der Waals surface area contributed by atoms with Crippen LogP contribution in [-0.4, -0.2) is 9.52 Å². The molecule has 0 radical (unpaired) electrons. The minimum atomic E-state index is 0.158. The molecule has 1 aliphatic rings. The number of hydrogen-bond acceptors (Lipinski definition) is 0. The van der Waals surface area contributed by atoms with Crippen molar-refractivity contribution >= 4 is 9.52 Å². The lowest BCUT2D eigenvalue weighted by atomic mass is 10.2. The molecule has 1 heteroatoms. The van der Waals surface area contributed by atoms with Gasteiger partial charge in [-0.25, -0.2) is 0 Å². The van der Waals surface area contributed by atoms with Crippen LogP contribution in [-0.2, 0) is 0 Å². The molecule has 0 spiro atoms. The average Bonchev–Trinajstić information content (AvgIpc) is 2.25. The first-order chi connectivity index (χ1) is 6.93. The summed E-state index contributed by atoms with van der Waals surface area (Å²) in [4.78, 5) is 0. The second-order valence-corrected chi connectivity index (χ2v) is 6.54. The Morgan fingerprint density at radius 2 is 1.79 bits per heavy atom. The highest BCUT2D eigenvalue weighted by Gasteiger charge is 2.02. The largest absolute Gasteiger partial charge is 0.0847 e. The standard InChI is InChI=1S/C13H24Si/c1-2-3-4-5-9-12-14-13-10-7-6-8-11-13/h7-8,10-11,13H,2-6,9,12,14H2,1H3. The topological polar surface area (TPSA) is 0 Å². The van der Waals surface area contributed by atoms with Crippen molar-refractivity contribution in [2.24, 2.45) is 0 Å². The predicted molar refractivity (Wildman–Crippen MR) is 68.8 cm³/mol. The van der Waals surface area contributed by atoms with Crippen molar-refractivity contribution in [2.45, 2.75) is 57.0 Å². The molecule has 80 valence electrons. The van der Waals surface area contributed by atoms with E-state index in [-0.39, 0.29) is 9.52 Å². The third kappa shape index (κ3) is 5.43. The van der Waals surface area contributed by atoms with Gasteiger partial charge < -0.3 is 0 Å². The van der Waals surface area contributed by atoms with Crippen LogP contribution in [0.5, 0.6) is 0 Å². The van der Waals surface area contributed by atoms with Gasteiger partial charge in [0.05, 0.1) is 0 Å². The molecule has 0 fully saturated rings. The summed E-state index contributed by atoms with van der Waals surface area (Å²) in [5.41, 5.74) is 0.884. The molecular formula is C13H24Si. The molecule has 0 aliphatic heterocycles. The molecule has 0 aromatic rings. The third-order valence-electron chi connectivity index (χ3n) is 2.93. The van der Waals surface area contributed by atoms with E-state index in [9.17, 15) is 0 Å². The van der Waals surface area contributed by atoms with Gasteiger partial charge in [-0.1, -0.05) is 69.4 Å². The van der Waals surface area contributed by atoms with Gasteiger partial charge >= 0.3 is 0 Å². The molecule has 0 unspecified atom stereocenters. The van der Waals surface area contributed by atoms with Crippen LogP contribution in [0.4, 0.5) is 0 Å². The zero-order valence-electron chi connectivity index (χ0n) is 9.54. The summed E-state index contributed by atoms with van der Waals surface area (Å²) in [5, 5.41) is 0. The van der Waals surface area contributed by atoms with Crippen molar-refractivity contribution in [1.82, 2.24) is 0 Å². The molecule has 1 rings (SSSR count). The Balaban J connectivity index is 1.90. The van der Waals surface area contributed by atoms with Crippen LogP contribution in [0.15, 0.2) is 24.3 Å². The van der Waals surface area contributed by atoms with E-state index in [1.165, 1.54) is 38.5 Å². The fraction of sp³-hybridized carbons (Fsp3) is 0.692. The summed E-state index contributed by atoms with van der Waals surface area (Å²) in [6, 6.07) is 1.54. The Morgan fingerprint density at radius 1 is 1.07 bits per heavy atom. The quantitative estimate of drug-likeness (QED) is 0.339. The predicted octanol–water partition coefficient (Wildman–Crippen LogP) is 3.85. The van der Waals surface area contributed by atoms with Gasteiger partial charge in [-0.3, -0.25) is 0 Å². The molecule has 14 heavy (non-hydrogen) atoms. The van der Waals surface area contributed by atoms with Crippen molar-refractivity contribution in [2.75, 3.05) is 0 Å². The van der Waals surface area contributed by atoms with Crippen molar-refractivity contribution in [3.05, 3.63) is 24.3 Å². The van der Waals surface area contributed by atoms with Crippen molar-refractivity contribution in [3.8, 4) is 0 Å². The van der Waals surface area contributed by atoms with Gasteiger partial charge in [0, 0.05) is 9.52 Å². The molecule has 0 aromatic heterocycles. The van der Waals surface area contributed by atoms with E-state index in [4.69, 9.17) is 0 Å². The summed E-state index contributed by atoms with van der Waals surface area (Å²) in [5.74, 6) is 0. The number of hydrogen-bond donors (Lipinski definition) is 0. The zero-order valence-corrected chi connectivity index (χ0v) is 11.0. The summed E-state index contributed by atoms with van der Waals surface area (Å²) < 4.78 is 0. The summed E-state index contributed by atoms with van der Waals surface area (Å²) in [6.45, 7) is 2.28. The van der Waals surface area contributed by atoms with Crippen molar-refractivity contribution in [3.63, 3.8) is 0 Å². The summed E-state index contributed by atoms with van der Waals surface area (Å²) in [6.07, 6.45) is 17.9. The number of unbranched alkanes of at least 4 members (excludes halogenated alkanes) is 4. The molecule has 0 bridgehead atoms. The fourth-order valence-corrected chi connectivity index (χ4v) is 3.89. The maximum atomic E-state index is 2.43. The van der Waals surface area contributed by atoms with E-state index in [1.807, 2.05) is 0 Å². The van der Waals surface area contributed by atoms with Gasteiger partial charge in [-0.2, -0.15) is 0 Å². The van der Waals surface area contributed by atoms with Crippen LogP contribution in [0.2, 0.25) is 11.6 Å². The van der Waals surface area contributed by atoms with E-state index in [0.29, 0.717) is 0 Å². The van der Waals surface area contributed by atoms with Gasteiger partial charge in [-0.15, -0.1) is 0 Å². The molecule has 0 saturated carbocycles. The van der Waals surface area contributed by atoms with E-state index in [0.717, 1.165) is 5.54 Å². The SMILES string of the molecule is CCCCCCC[SiH2]C1C=CCC=C1. The Hall–Kier alpha value is -0.303. The molecule has 0 nitrogen and oxygen atoms in total. The van der Waals surface area contributed by atoms with Crippen molar-refractivity contribution < 1.29 is 0 Å². The van der Waals surface area contributed by atoms with Crippen LogP contribution in [0.25, 0.3) is 0 Å². The molecule has 0 atom stereocenters. The second-order valence-electron chi connectivity index (χ2n) is 4.31. The zero-order chi connectivity index (χ0) is 10.1. The van der Waals surface area contributed by atoms with E-state index in [2.05, 4.69) is 31.2 Å². The van der Waals surface area contributed by atoms with Gasteiger partial charge in [0.1, 0.15) is 0 Å². The number of allylic oxidation sites excluding steroid dienone is 4. The van der Waals surface area contributed by atoms with E-state index < -0.39 is 0 Å². The van der Waals surface area contributed by atoms with Crippen LogP contribution < -0.4 is 0 Å². The smallest absolute Gasteiger partial charge is 0.0327 e. The third-order valence-corrected chi connectivity index (χ3v) is 5.05. The maximum absolute atomic E-state index is 2.43. The van der Waals surface area contributed by atoms with Gasteiger partial charge in [0.15, 0.2) is 0 Å².